The summed E-state index contributed by atoms with van der Waals surface area (Å²) in [5, 5.41) is 15.8. The van der Waals surface area contributed by atoms with Gasteiger partial charge in [-0.1, -0.05) is 23.2 Å². The highest BCUT2D eigenvalue weighted by atomic mass is 35.5. The Labute approximate surface area is 197 Å². The van der Waals surface area contributed by atoms with Gasteiger partial charge in [-0.25, -0.2) is 17.6 Å². The lowest BCUT2D eigenvalue weighted by Crippen LogP contribution is -2.37. The van der Waals surface area contributed by atoms with Crippen molar-refractivity contribution in [3.8, 4) is 0 Å². The number of anilines is 2. The van der Waals surface area contributed by atoms with Crippen molar-refractivity contribution in [2.75, 3.05) is 24.2 Å². The van der Waals surface area contributed by atoms with E-state index in [0.29, 0.717) is 12.3 Å². The molecule has 0 radical (unpaired) electrons. The highest BCUT2D eigenvalue weighted by Gasteiger charge is 2.33. The summed E-state index contributed by atoms with van der Waals surface area (Å²) in [7, 11) is -3.90. The van der Waals surface area contributed by atoms with Crippen molar-refractivity contribution >= 4 is 73.0 Å². The van der Waals surface area contributed by atoms with Gasteiger partial charge >= 0.3 is 5.97 Å². The first-order chi connectivity index (χ1) is 15.2. The smallest absolute Gasteiger partial charge is 0.337 e. The number of nitrogens with one attached hydrogen (secondary N) is 2. The fourth-order valence-corrected chi connectivity index (χ4v) is 7.01. The molecule has 0 spiro atoms. The van der Waals surface area contributed by atoms with Gasteiger partial charge in [-0.05, 0) is 24.3 Å². The van der Waals surface area contributed by atoms with Gasteiger partial charge in [0.25, 0.3) is 0 Å². The van der Waals surface area contributed by atoms with E-state index < -0.39 is 26.2 Å². The molecule has 4 rings (SSSR count). The van der Waals surface area contributed by atoms with Crippen LogP contribution in [0.15, 0.2) is 41.4 Å². The highest BCUT2D eigenvalue weighted by Crippen LogP contribution is 2.38. The Bertz CT molecular complexity index is 1330. The molecule has 168 valence electrons. The van der Waals surface area contributed by atoms with Crippen LogP contribution in [0.2, 0.25) is 10.0 Å². The maximum atomic E-state index is 14.0. The molecule has 0 bridgehead atoms. The number of thioether (sulfide) groups is 1. The van der Waals surface area contributed by atoms with E-state index in [1.165, 1.54) is 36.0 Å². The predicted molar refractivity (Wildman–Crippen MR) is 125 cm³/mol. The van der Waals surface area contributed by atoms with E-state index in [4.69, 9.17) is 23.2 Å². The molecule has 3 aromatic rings. The van der Waals surface area contributed by atoms with Crippen molar-refractivity contribution in [3.63, 3.8) is 0 Å². The van der Waals surface area contributed by atoms with Gasteiger partial charge in [-0.2, -0.15) is 0 Å². The molecule has 1 aromatic heterocycles. The second kappa shape index (κ2) is 9.03. The number of pyridine rings is 1. The van der Waals surface area contributed by atoms with Gasteiger partial charge in [0.05, 0.1) is 27.5 Å². The number of aromatic nitrogens is 1. The van der Waals surface area contributed by atoms with Crippen LogP contribution in [0.1, 0.15) is 10.4 Å². The lowest BCUT2D eigenvalue weighted by atomic mass is 10.1. The van der Waals surface area contributed by atoms with Crippen LogP contribution >= 0.6 is 35.0 Å². The Kier molecular flexibility index (Phi) is 6.51. The molecule has 3 N–H and O–H groups in total. The van der Waals surface area contributed by atoms with Gasteiger partial charge in [-0.3, -0.25) is 4.98 Å². The lowest BCUT2D eigenvalue weighted by Gasteiger charge is -2.24. The van der Waals surface area contributed by atoms with E-state index in [1.54, 1.807) is 0 Å². The van der Waals surface area contributed by atoms with Gasteiger partial charge in [-0.15, -0.1) is 11.8 Å². The largest absolute Gasteiger partial charge is 0.478 e. The van der Waals surface area contributed by atoms with Crippen LogP contribution in [-0.2, 0) is 9.84 Å². The first kappa shape index (κ1) is 23.1. The van der Waals surface area contributed by atoms with E-state index in [-0.39, 0.29) is 49.3 Å². The molecule has 1 fully saturated rings. The number of nitrogens with zero attached hydrogens (tertiary/aromatic N) is 1. The standard InChI is InChI=1S/C20H16Cl2FN3O4S2/c21-10-1-2-15(12(5-10)20(27)28)26-19-11-6-13(22)14(23)7-16(11)25-8-17(19)32(29,30)18-9-24-3-4-31-18/h1-2,5-8,18,24H,3-4,9H2,(H,25,26)(H,27,28). The van der Waals surface area contributed by atoms with E-state index in [1.807, 2.05) is 0 Å². The fraction of sp³-hybridized carbons (Fsp3) is 0.200. The number of benzene rings is 2. The van der Waals surface area contributed by atoms with E-state index >= 15 is 0 Å². The van der Waals surface area contributed by atoms with Crippen molar-refractivity contribution in [1.82, 2.24) is 10.3 Å². The third kappa shape index (κ3) is 4.38. The Morgan fingerprint density at radius 1 is 1.28 bits per heavy atom. The van der Waals surface area contributed by atoms with Crippen LogP contribution in [0.4, 0.5) is 15.8 Å². The Morgan fingerprint density at radius 2 is 2.06 bits per heavy atom. The van der Waals surface area contributed by atoms with Crippen molar-refractivity contribution in [2.45, 2.75) is 9.48 Å². The summed E-state index contributed by atoms with van der Waals surface area (Å²) < 4.78 is 40.2. The second-order valence-electron chi connectivity index (χ2n) is 6.95. The topological polar surface area (TPSA) is 108 Å². The number of fused-ring (bicyclic) bond motifs is 1. The number of carbonyl (C=O) groups is 1. The molecule has 2 aromatic carbocycles. The van der Waals surface area contributed by atoms with Crippen LogP contribution in [-0.4, -0.2) is 47.9 Å². The van der Waals surface area contributed by atoms with Crippen LogP contribution in [0.25, 0.3) is 10.9 Å². The third-order valence-electron chi connectivity index (χ3n) is 4.89. The van der Waals surface area contributed by atoms with Crippen LogP contribution < -0.4 is 10.6 Å². The zero-order valence-corrected chi connectivity index (χ0v) is 19.4. The van der Waals surface area contributed by atoms with Crippen LogP contribution in [0.3, 0.4) is 0 Å². The molecule has 1 atom stereocenters. The minimum atomic E-state index is -3.90. The Balaban J connectivity index is 1.95. The summed E-state index contributed by atoms with van der Waals surface area (Å²) in [6.07, 6.45) is 1.15. The molecule has 0 aliphatic carbocycles. The molecule has 0 amide bonds. The first-order valence-electron chi connectivity index (χ1n) is 9.32. The Hall–Kier alpha value is -2.11. The average molecular weight is 516 g/mol. The maximum absolute atomic E-state index is 14.0. The number of hydrogen-bond acceptors (Lipinski definition) is 7. The number of carboxylic acids is 1. The molecule has 1 aliphatic rings. The summed E-state index contributed by atoms with van der Waals surface area (Å²) in [5.74, 6) is -1.35. The zero-order valence-electron chi connectivity index (χ0n) is 16.2. The SMILES string of the molecule is O=C(O)c1cc(Cl)ccc1Nc1c(S(=O)(=O)C2CNCCS2)cnc2cc(F)c(Cl)cc12. The van der Waals surface area contributed by atoms with Gasteiger partial charge in [0.2, 0.25) is 0 Å². The number of carboxylic acid groups (broad SMARTS) is 1. The van der Waals surface area contributed by atoms with Crippen molar-refractivity contribution in [3.05, 3.63) is 58.0 Å². The first-order valence-corrected chi connectivity index (χ1v) is 12.7. The fourth-order valence-electron chi connectivity index (χ4n) is 3.33. The van der Waals surface area contributed by atoms with Crippen molar-refractivity contribution < 1.29 is 22.7 Å². The van der Waals surface area contributed by atoms with E-state index in [0.717, 1.165) is 12.3 Å². The minimum absolute atomic E-state index is 0.0629. The van der Waals surface area contributed by atoms with Crippen molar-refractivity contribution in [1.29, 1.82) is 0 Å². The van der Waals surface area contributed by atoms with Gasteiger partial charge in [0.15, 0.2) is 9.84 Å². The van der Waals surface area contributed by atoms with Crippen LogP contribution in [0, 0.1) is 5.82 Å². The molecule has 1 saturated heterocycles. The molecule has 1 unspecified atom stereocenters. The monoisotopic (exact) mass is 515 g/mol. The molecule has 0 saturated carbocycles. The number of sulfone groups is 1. The lowest BCUT2D eigenvalue weighted by molar-refractivity contribution is 0.0698. The van der Waals surface area contributed by atoms with E-state index in [2.05, 4.69) is 15.6 Å². The summed E-state index contributed by atoms with van der Waals surface area (Å²) in [6, 6.07) is 6.51. The maximum Gasteiger partial charge on any atom is 0.337 e. The zero-order chi connectivity index (χ0) is 23.0. The molecule has 2 heterocycles. The molecular formula is C20H16Cl2FN3O4S2. The predicted octanol–water partition coefficient (Wildman–Crippen LogP) is 4.56. The van der Waals surface area contributed by atoms with Gasteiger partial charge < -0.3 is 15.7 Å². The summed E-state index contributed by atoms with van der Waals surface area (Å²) in [6.45, 7) is 0.940. The number of aromatic carboxylic acids is 1. The normalized spacial score (nSPS) is 16.8. The quantitative estimate of drug-likeness (QED) is 0.453. The summed E-state index contributed by atoms with van der Waals surface area (Å²) >= 11 is 13.2. The molecule has 1 aliphatic heterocycles. The molecule has 32 heavy (non-hydrogen) atoms. The number of rotatable bonds is 5. The summed E-state index contributed by atoms with van der Waals surface area (Å²) in [4.78, 5) is 15.7. The van der Waals surface area contributed by atoms with Crippen molar-refractivity contribution in [2.24, 2.45) is 0 Å². The molecule has 12 heteroatoms. The van der Waals surface area contributed by atoms with Crippen LogP contribution in [0.5, 0.6) is 0 Å². The molecular weight excluding hydrogens is 500 g/mol. The third-order valence-corrected chi connectivity index (χ3v) is 9.35. The number of halogens is 3. The second-order valence-corrected chi connectivity index (χ2v) is 11.5. The molecule has 7 nitrogen and oxygen atoms in total. The average Bonchev–Trinajstić information content (AvgIpc) is 2.76. The van der Waals surface area contributed by atoms with Gasteiger partial charge in [0.1, 0.15) is 15.3 Å². The van der Waals surface area contributed by atoms with Gasteiger partial charge in [0, 0.05) is 41.5 Å². The Morgan fingerprint density at radius 3 is 2.75 bits per heavy atom. The minimum Gasteiger partial charge on any atom is -0.478 e. The number of hydrogen-bond donors (Lipinski definition) is 3. The summed E-state index contributed by atoms with van der Waals surface area (Å²) in [5.41, 5.74) is 0.176. The highest BCUT2D eigenvalue weighted by molar-refractivity contribution is 8.13. The van der Waals surface area contributed by atoms with E-state index in [9.17, 15) is 22.7 Å².